The van der Waals surface area contributed by atoms with E-state index < -0.39 is 49.5 Å². The van der Waals surface area contributed by atoms with E-state index in [9.17, 15) is 35.1 Å². The number of carbonyl (C=O) groups excluding carboxylic acids is 2. The first-order valence-electron chi connectivity index (χ1n) is 35.8. The summed E-state index contributed by atoms with van der Waals surface area (Å²) < 4.78 is 16.7. The lowest BCUT2D eigenvalue weighted by molar-refractivity contribution is -0.302. The Kier molecular flexibility index (Phi) is 58.5. The fourth-order valence-corrected chi connectivity index (χ4v) is 11.3. The van der Waals surface area contributed by atoms with Gasteiger partial charge in [0.25, 0.3) is 0 Å². The van der Waals surface area contributed by atoms with Gasteiger partial charge in [-0.25, -0.2) is 0 Å². The van der Waals surface area contributed by atoms with Gasteiger partial charge >= 0.3 is 5.97 Å². The average molecular weight is 1170 g/mol. The van der Waals surface area contributed by atoms with Crippen LogP contribution in [-0.4, -0.2) is 100 Å². The standard InChI is InChI=1S/C72H135NO10/c1-3-5-7-9-11-13-39-44-48-52-56-60-68(77)81-61-57-53-49-45-41-38-36-34-32-30-28-26-24-22-20-18-16-14-15-17-19-21-23-25-27-29-31-33-35-37-40-43-47-51-55-59-67(76)73-64(65(75)58-54-50-46-42-12-10-8-6-4-2)63-82-72-71(80)70(79)69(78)66(62-74)83-72/h9,11,16,18,54,58,64-66,69-72,74-75,78-80H,3-8,10,12-15,17,19-53,55-57,59-63H2,1-2H3,(H,73,76)/b11-9-,18-16-,58-54+. The molecule has 7 unspecified atom stereocenters. The molecule has 0 aromatic heterocycles. The number of ether oxygens (including phenoxy) is 3. The number of aliphatic hydroxyl groups is 5. The predicted octanol–water partition coefficient (Wildman–Crippen LogP) is 18.2. The molecule has 1 heterocycles. The average Bonchev–Trinajstić information content (AvgIpc) is 3.68. The Morgan fingerprint density at radius 2 is 0.783 bits per heavy atom. The highest BCUT2D eigenvalue weighted by Gasteiger charge is 2.44. The van der Waals surface area contributed by atoms with Crippen LogP contribution in [0.2, 0.25) is 0 Å². The van der Waals surface area contributed by atoms with E-state index in [4.69, 9.17) is 14.2 Å². The Morgan fingerprint density at radius 3 is 1.19 bits per heavy atom. The van der Waals surface area contributed by atoms with Crippen molar-refractivity contribution in [2.45, 2.75) is 391 Å². The van der Waals surface area contributed by atoms with Gasteiger partial charge in [0.15, 0.2) is 6.29 Å². The first kappa shape index (κ1) is 78.9. The third-order valence-electron chi connectivity index (χ3n) is 17.0. The SMILES string of the molecule is CCCC/C=C\CCCCCCCC(=O)OCCCCCCCCCCCCCCCC/C=C\CCCCCCCCCCCCCCCCCCCC(=O)NC(COC1OC(CO)C(O)C(O)C1O)C(O)/C=C/CCCCCCCCC. The van der Waals surface area contributed by atoms with Crippen molar-refractivity contribution >= 4 is 11.9 Å². The smallest absolute Gasteiger partial charge is 0.305 e. The molecule has 11 nitrogen and oxygen atoms in total. The highest BCUT2D eigenvalue weighted by atomic mass is 16.7. The Morgan fingerprint density at radius 1 is 0.434 bits per heavy atom. The van der Waals surface area contributed by atoms with E-state index in [-0.39, 0.29) is 18.5 Å². The van der Waals surface area contributed by atoms with E-state index in [0.717, 1.165) is 57.8 Å². The monoisotopic (exact) mass is 1170 g/mol. The number of carbonyl (C=O) groups is 2. The Hall–Kier alpha value is -2.12. The Balaban J connectivity index is 1.90. The molecule has 488 valence electrons. The van der Waals surface area contributed by atoms with Crippen molar-refractivity contribution in [3.8, 4) is 0 Å². The summed E-state index contributed by atoms with van der Waals surface area (Å²) in [5.74, 6) is -0.177. The van der Waals surface area contributed by atoms with Gasteiger partial charge in [0.05, 0.1) is 32.0 Å². The second-order valence-corrected chi connectivity index (χ2v) is 24.9. The topological polar surface area (TPSA) is 175 Å². The van der Waals surface area contributed by atoms with Crippen LogP contribution in [0.5, 0.6) is 0 Å². The van der Waals surface area contributed by atoms with Gasteiger partial charge in [-0.15, -0.1) is 0 Å². The van der Waals surface area contributed by atoms with Crippen molar-refractivity contribution in [2.24, 2.45) is 0 Å². The fraction of sp³-hybridized carbons (Fsp3) is 0.889. The number of hydrogen-bond donors (Lipinski definition) is 6. The van der Waals surface area contributed by atoms with Crippen molar-refractivity contribution in [3.63, 3.8) is 0 Å². The molecule has 1 amide bonds. The van der Waals surface area contributed by atoms with Gasteiger partial charge in [-0.3, -0.25) is 9.59 Å². The fourth-order valence-electron chi connectivity index (χ4n) is 11.3. The van der Waals surface area contributed by atoms with E-state index in [1.165, 1.54) is 263 Å². The number of esters is 1. The van der Waals surface area contributed by atoms with Gasteiger partial charge in [0.1, 0.15) is 24.4 Å². The number of amides is 1. The summed E-state index contributed by atoms with van der Waals surface area (Å²) in [6.45, 7) is 4.31. The highest BCUT2D eigenvalue weighted by Crippen LogP contribution is 2.23. The summed E-state index contributed by atoms with van der Waals surface area (Å²) >= 11 is 0. The molecule has 0 aromatic rings. The largest absolute Gasteiger partial charge is 0.466 e. The Labute approximate surface area is 511 Å². The van der Waals surface area contributed by atoms with Crippen LogP contribution >= 0.6 is 0 Å². The minimum absolute atomic E-state index is 0.00247. The van der Waals surface area contributed by atoms with Crippen LogP contribution in [0.4, 0.5) is 0 Å². The molecule has 0 spiro atoms. The molecule has 0 radical (unpaired) electrons. The maximum absolute atomic E-state index is 13.0. The quantitative estimate of drug-likeness (QED) is 0.0195. The van der Waals surface area contributed by atoms with E-state index >= 15 is 0 Å². The zero-order chi connectivity index (χ0) is 60.2. The summed E-state index contributed by atoms with van der Waals surface area (Å²) in [6.07, 6.45) is 68.8. The van der Waals surface area contributed by atoms with E-state index in [2.05, 4.69) is 43.5 Å². The zero-order valence-electron chi connectivity index (χ0n) is 54.2. The molecular weight excluding hydrogens is 1040 g/mol. The molecular formula is C72H135NO10. The molecule has 1 aliphatic heterocycles. The van der Waals surface area contributed by atoms with Gasteiger partial charge in [0, 0.05) is 12.8 Å². The number of allylic oxidation sites excluding steroid dienone is 5. The first-order valence-corrected chi connectivity index (χ1v) is 35.8. The molecule has 0 aromatic carbocycles. The van der Waals surface area contributed by atoms with Gasteiger partial charge in [-0.1, -0.05) is 294 Å². The number of hydrogen-bond acceptors (Lipinski definition) is 10. The van der Waals surface area contributed by atoms with Gasteiger partial charge in [-0.2, -0.15) is 0 Å². The van der Waals surface area contributed by atoms with Gasteiger partial charge in [0.2, 0.25) is 5.91 Å². The summed E-state index contributed by atoms with van der Waals surface area (Å²) in [5, 5.41) is 54.3. The van der Waals surface area contributed by atoms with Crippen LogP contribution in [0.25, 0.3) is 0 Å². The van der Waals surface area contributed by atoms with Crippen LogP contribution in [0.3, 0.4) is 0 Å². The maximum Gasteiger partial charge on any atom is 0.305 e. The van der Waals surface area contributed by atoms with Crippen molar-refractivity contribution in [2.75, 3.05) is 19.8 Å². The summed E-state index contributed by atoms with van der Waals surface area (Å²) in [6, 6.07) is -0.805. The second kappa shape index (κ2) is 61.5. The number of aliphatic hydroxyl groups excluding tert-OH is 5. The molecule has 6 N–H and O–H groups in total. The molecule has 1 saturated heterocycles. The lowest BCUT2D eigenvalue weighted by Crippen LogP contribution is -2.60. The summed E-state index contributed by atoms with van der Waals surface area (Å²) in [5.41, 5.74) is 0. The predicted molar refractivity (Wildman–Crippen MR) is 347 cm³/mol. The van der Waals surface area contributed by atoms with Crippen molar-refractivity contribution < 1.29 is 49.3 Å². The molecule has 1 fully saturated rings. The summed E-state index contributed by atoms with van der Waals surface area (Å²) in [4.78, 5) is 25.0. The molecule has 1 aliphatic rings. The molecule has 1 rings (SSSR count). The Bertz CT molecular complexity index is 1470. The van der Waals surface area contributed by atoms with Crippen LogP contribution in [0.1, 0.15) is 348 Å². The third kappa shape index (κ3) is 50.6. The molecule has 0 aliphatic carbocycles. The molecule has 0 saturated carbocycles. The molecule has 11 heteroatoms. The first-order chi connectivity index (χ1) is 40.7. The minimum atomic E-state index is -1.57. The number of rotatable bonds is 63. The van der Waals surface area contributed by atoms with Gasteiger partial charge in [-0.05, 0) is 77.0 Å². The zero-order valence-corrected chi connectivity index (χ0v) is 54.2. The second-order valence-electron chi connectivity index (χ2n) is 24.9. The van der Waals surface area contributed by atoms with Crippen molar-refractivity contribution in [3.05, 3.63) is 36.5 Å². The van der Waals surface area contributed by atoms with Gasteiger partial charge < -0.3 is 45.1 Å². The van der Waals surface area contributed by atoms with E-state index in [1.54, 1.807) is 6.08 Å². The third-order valence-corrected chi connectivity index (χ3v) is 17.0. The van der Waals surface area contributed by atoms with E-state index in [0.29, 0.717) is 19.4 Å². The van der Waals surface area contributed by atoms with Crippen molar-refractivity contribution in [1.82, 2.24) is 5.32 Å². The number of unbranched alkanes of at least 4 members (excludes halogenated alkanes) is 45. The van der Waals surface area contributed by atoms with Crippen LogP contribution < -0.4 is 5.32 Å². The van der Waals surface area contributed by atoms with Crippen LogP contribution in [-0.2, 0) is 23.8 Å². The maximum atomic E-state index is 13.0. The van der Waals surface area contributed by atoms with E-state index in [1.807, 2.05) is 6.08 Å². The highest BCUT2D eigenvalue weighted by molar-refractivity contribution is 5.76. The molecule has 0 bridgehead atoms. The normalized spacial score (nSPS) is 18.3. The van der Waals surface area contributed by atoms with Crippen molar-refractivity contribution in [1.29, 1.82) is 0 Å². The minimum Gasteiger partial charge on any atom is -0.466 e. The van der Waals surface area contributed by atoms with Crippen LogP contribution in [0, 0.1) is 0 Å². The lowest BCUT2D eigenvalue weighted by Gasteiger charge is -2.40. The molecule has 83 heavy (non-hydrogen) atoms. The number of nitrogens with one attached hydrogen (secondary N) is 1. The lowest BCUT2D eigenvalue weighted by atomic mass is 9.99. The van der Waals surface area contributed by atoms with Crippen LogP contribution in [0.15, 0.2) is 36.5 Å². The molecule has 7 atom stereocenters. The summed E-state index contributed by atoms with van der Waals surface area (Å²) in [7, 11) is 0.